The Balaban J connectivity index is 1.56. The van der Waals surface area contributed by atoms with E-state index >= 15 is 0 Å². The molecular weight excluding hydrogens is 492 g/mol. The van der Waals surface area contributed by atoms with E-state index in [0.29, 0.717) is 16.3 Å². The van der Waals surface area contributed by atoms with Crippen molar-refractivity contribution in [3.05, 3.63) is 136 Å². The molecule has 0 radical (unpaired) electrons. The quantitative estimate of drug-likeness (QED) is 0.305. The third kappa shape index (κ3) is 6.14. The lowest BCUT2D eigenvalue weighted by Crippen LogP contribution is -2.30. The second-order valence-corrected chi connectivity index (χ2v) is 11.0. The summed E-state index contributed by atoms with van der Waals surface area (Å²) in [7, 11) is -3.55. The molecule has 0 aliphatic carbocycles. The molecular formula is C29H27ClN2O3S. The molecule has 0 spiro atoms. The number of carbonyl (C=O) groups excluding carboxylic acids is 1. The van der Waals surface area contributed by atoms with Crippen molar-refractivity contribution in [3.8, 4) is 0 Å². The number of nitrogens with zero attached hydrogens (tertiary/aromatic N) is 1. The first-order valence-electron chi connectivity index (χ1n) is 11.5. The largest absolute Gasteiger partial charge is 0.341 e. The van der Waals surface area contributed by atoms with Gasteiger partial charge >= 0.3 is 0 Å². The summed E-state index contributed by atoms with van der Waals surface area (Å²) in [5.74, 6) is -0.214. The van der Waals surface area contributed by atoms with Gasteiger partial charge in [-0.25, -0.2) is 8.42 Å². The van der Waals surface area contributed by atoms with Gasteiger partial charge in [-0.15, -0.1) is 0 Å². The van der Waals surface area contributed by atoms with Crippen molar-refractivity contribution < 1.29 is 13.2 Å². The molecule has 0 heterocycles. The van der Waals surface area contributed by atoms with Crippen LogP contribution in [-0.4, -0.2) is 20.6 Å². The average molecular weight is 519 g/mol. The third-order valence-electron chi connectivity index (χ3n) is 5.95. The summed E-state index contributed by atoms with van der Waals surface area (Å²) < 4.78 is 26.2. The van der Waals surface area contributed by atoms with Crippen LogP contribution in [0.5, 0.6) is 0 Å². The number of hydrogen-bond acceptors (Lipinski definition) is 3. The first kappa shape index (κ1) is 25.5. The Bertz CT molecular complexity index is 1460. The molecule has 1 N–H and O–H groups in total. The molecule has 0 saturated heterocycles. The topological polar surface area (TPSA) is 66.5 Å². The number of rotatable bonds is 8. The van der Waals surface area contributed by atoms with Gasteiger partial charge in [-0.2, -0.15) is 0 Å². The fraction of sp³-hybridized carbons (Fsp3) is 0.138. The van der Waals surface area contributed by atoms with E-state index in [4.69, 9.17) is 11.6 Å². The minimum atomic E-state index is -3.55. The van der Waals surface area contributed by atoms with Crippen LogP contribution in [-0.2, 0) is 16.6 Å². The van der Waals surface area contributed by atoms with Crippen LogP contribution < -0.4 is 9.62 Å². The Labute approximate surface area is 217 Å². The summed E-state index contributed by atoms with van der Waals surface area (Å²) in [5, 5.41) is 3.62. The number of carbonyl (C=O) groups is 1. The SMILES string of the molecule is Cc1ccccc1[C@@H](NC(=O)c1ccc(CN(c2cccc(Cl)c2)S(C)(=O)=O)cc1)c1ccccc1. The van der Waals surface area contributed by atoms with Gasteiger partial charge in [-0.1, -0.05) is 84.4 Å². The van der Waals surface area contributed by atoms with Crippen LogP contribution in [0.3, 0.4) is 0 Å². The molecule has 4 rings (SSSR count). The molecule has 4 aromatic carbocycles. The van der Waals surface area contributed by atoms with E-state index in [1.165, 1.54) is 4.31 Å². The van der Waals surface area contributed by atoms with Crippen LogP contribution in [0.1, 0.15) is 38.7 Å². The Hall–Kier alpha value is -3.61. The maximum absolute atomic E-state index is 13.2. The molecule has 0 aliphatic rings. The van der Waals surface area contributed by atoms with E-state index in [0.717, 1.165) is 28.5 Å². The Morgan fingerprint density at radius 2 is 1.56 bits per heavy atom. The summed E-state index contributed by atoms with van der Waals surface area (Å²) in [6.45, 7) is 2.15. The second-order valence-electron chi connectivity index (χ2n) is 8.62. The van der Waals surface area contributed by atoms with Gasteiger partial charge in [0.25, 0.3) is 5.91 Å². The smallest absolute Gasteiger partial charge is 0.252 e. The molecule has 1 atom stereocenters. The maximum Gasteiger partial charge on any atom is 0.252 e. The molecule has 0 saturated carbocycles. The number of anilines is 1. The first-order valence-corrected chi connectivity index (χ1v) is 13.7. The Morgan fingerprint density at radius 1 is 0.889 bits per heavy atom. The highest BCUT2D eigenvalue weighted by atomic mass is 35.5. The summed E-state index contributed by atoms with van der Waals surface area (Å²) in [6, 6.07) is 31.2. The van der Waals surface area contributed by atoms with Gasteiger partial charge in [-0.05, 0) is 59.5 Å². The van der Waals surface area contributed by atoms with E-state index in [9.17, 15) is 13.2 Å². The van der Waals surface area contributed by atoms with Crippen LogP contribution in [0, 0.1) is 6.92 Å². The third-order valence-corrected chi connectivity index (χ3v) is 7.32. The summed E-state index contributed by atoms with van der Waals surface area (Å²) in [4.78, 5) is 13.2. The molecule has 36 heavy (non-hydrogen) atoms. The van der Waals surface area contributed by atoms with Crippen molar-refractivity contribution in [2.75, 3.05) is 10.6 Å². The number of hydrogen-bond donors (Lipinski definition) is 1. The number of benzene rings is 4. The molecule has 0 bridgehead atoms. The van der Waals surface area contributed by atoms with Crippen molar-refractivity contribution in [3.63, 3.8) is 0 Å². The zero-order chi connectivity index (χ0) is 25.7. The van der Waals surface area contributed by atoms with Gasteiger partial charge in [0.2, 0.25) is 10.0 Å². The van der Waals surface area contributed by atoms with Gasteiger partial charge < -0.3 is 5.32 Å². The molecule has 184 valence electrons. The lowest BCUT2D eigenvalue weighted by atomic mass is 9.94. The summed E-state index contributed by atoms with van der Waals surface area (Å²) >= 11 is 6.07. The summed E-state index contributed by atoms with van der Waals surface area (Å²) in [5.41, 5.74) is 4.82. The van der Waals surface area contributed by atoms with E-state index in [1.54, 1.807) is 48.5 Å². The van der Waals surface area contributed by atoms with Crippen LogP contribution in [0.25, 0.3) is 0 Å². The monoisotopic (exact) mass is 518 g/mol. The highest BCUT2D eigenvalue weighted by Crippen LogP contribution is 2.26. The van der Waals surface area contributed by atoms with Crippen LogP contribution >= 0.6 is 11.6 Å². The van der Waals surface area contributed by atoms with Gasteiger partial charge in [0.15, 0.2) is 0 Å². The van der Waals surface area contributed by atoms with Crippen molar-refractivity contribution in [1.29, 1.82) is 0 Å². The van der Waals surface area contributed by atoms with Crippen molar-refractivity contribution in [1.82, 2.24) is 5.32 Å². The molecule has 0 unspecified atom stereocenters. The number of nitrogens with one attached hydrogen (secondary N) is 1. The minimum absolute atomic E-state index is 0.122. The van der Waals surface area contributed by atoms with E-state index < -0.39 is 10.0 Å². The maximum atomic E-state index is 13.2. The van der Waals surface area contributed by atoms with E-state index in [1.807, 2.05) is 61.5 Å². The Kier molecular flexibility index (Phi) is 7.77. The van der Waals surface area contributed by atoms with E-state index in [2.05, 4.69) is 5.32 Å². The molecule has 7 heteroatoms. The minimum Gasteiger partial charge on any atom is -0.341 e. The predicted molar refractivity (Wildman–Crippen MR) is 146 cm³/mol. The van der Waals surface area contributed by atoms with Crippen LogP contribution in [0.4, 0.5) is 5.69 Å². The van der Waals surface area contributed by atoms with Crippen molar-refractivity contribution >= 4 is 33.2 Å². The molecule has 0 aliphatic heterocycles. The van der Waals surface area contributed by atoms with E-state index in [-0.39, 0.29) is 18.5 Å². The second kappa shape index (κ2) is 11.0. The molecule has 4 aromatic rings. The van der Waals surface area contributed by atoms with Crippen LogP contribution in [0.2, 0.25) is 5.02 Å². The standard InChI is InChI=1S/C29H27ClN2O3S/c1-21-9-6-7-14-27(21)28(23-10-4-3-5-11-23)31-29(33)24-17-15-22(16-18-24)20-32(36(2,34)35)26-13-8-12-25(30)19-26/h3-19,28H,20H2,1-2H3,(H,31,33)/t28-/m0/s1. The number of aryl methyl sites for hydroxylation is 1. The van der Waals surface area contributed by atoms with Gasteiger partial charge in [0, 0.05) is 10.6 Å². The number of halogens is 1. The normalized spacial score (nSPS) is 12.1. The zero-order valence-corrected chi connectivity index (χ0v) is 21.6. The fourth-order valence-electron chi connectivity index (χ4n) is 4.07. The molecule has 1 amide bonds. The van der Waals surface area contributed by atoms with Gasteiger partial charge in [-0.3, -0.25) is 9.10 Å². The molecule has 5 nitrogen and oxygen atoms in total. The number of sulfonamides is 1. The lowest BCUT2D eigenvalue weighted by molar-refractivity contribution is 0.0943. The fourth-order valence-corrected chi connectivity index (χ4v) is 5.13. The zero-order valence-electron chi connectivity index (χ0n) is 20.1. The van der Waals surface area contributed by atoms with Gasteiger partial charge in [0.05, 0.1) is 24.5 Å². The van der Waals surface area contributed by atoms with Gasteiger partial charge in [0.1, 0.15) is 0 Å². The number of amides is 1. The Morgan fingerprint density at radius 3 is 2.19 bits per heavy atom. The van der Waals surface area contributed by atoms with Crippen molar-refractivity contribution in [2.45, 2.75) is 19.5 Å². The average Bonchev–Trinajstić information content (AvgIpc) is 2.86. The molecule has 0 fully saturated rings. The first-order chi connectivity index (χ1) is 17.2. The van der Waals surface area contributed by atoms with Crippen LogP contribution in [0.15, 0.2) is 103 Å². The highest BCUT2D eigenvalue weighted by Gasteiger charge is 2.21. The predicted octanol–water partition coefficient (Wildman–Crippen LogP) is 6.13. The highest BCUT2D eigenvalue weighted by molar-refractivity contribution is 7.92. The lowest BCUT2D eigenvalue weighted by Gasteiger charge is -2.23. The molecule has 0 aromatic heterocycles. The van der Waals surface area contributed by atoms with Crippen molar-refractivity contribution in [2.24, 2.45) is 0 Å². The summed E-state index contributed by atoms with van der Waals surface area (Å²) in [6.07, 6.45) is 1.16.